The lowest BCUT2D eigenvalue weighted by Crippen LogP contribution is -2.47. The summed E-state index contributed by atoms with van der Waals surface area (Å²) >= 11 is 3.43. The third kappa shape index (κ3) is 9.93. The van der Waals surface area contributed by atoms with Gasteiger partial charge in [0.2, 0.25) is 5.82 Å². The molecule has 2 heterocycles. The third-order valence-electron chi connectivity index (χ3n) is 4.78. The van der Waals surface area contributed by atoms with Gasteiger partial charge in [-0.2, -0.15) is 10.2 Å². The summed E-state index contributed by atoms with van der Waals surface area (Å²) in [6.45, 7) is 10.9. The minimum Gasteiger partial charge on any atom is -0.379 e. The van der Waals surface area contributed by atoms with E-state index in [1.165, 1.54) is 6.20 Å². The average Bonchev–Trinajstić information content (AvgIpc) is 2.84. The molecular weight excluding hydrogens is 538 g/mol. The molecule has 0 aliphatic carbocycles. The Morgan fingerprint density at radius 1 is 1.31 bits per heavy atom. The molecule has 0 bridgehead atoms. The fourth-order valence-corrected chi connectivity index (χ4v) is 3.61. The molecule has 2 aromatic rings. The monoisotopic (exact) mass is 566 g/mol. The molecule has 1 fully saturated rings. The van der Waals surface area contributed by atoms with Gasteiger partial charge in [-0.15, -0.1) is 0 Å². The molecule has 1 N–H and O–H groups in total. The van der Waals surface area contributed by atoms with Crippen molar-refractivity contribution < 1.29 is 23.1 Å². The van der Waals surface area contributed by atoms with Crippen molar-refractivity contribution in [1.29, 1.82) is 5.26 Å². The van der Waals surface area contributed by atoms with E-state index in [0.717, 1.165) is 38.4 Å². The van der Waals surface area contributed by atoms with Crippen LogP contribution in [0.25, 0.3) is 0 Å². The van der Waals surface area contributed by atoms with E-state index in [1.807, 2.05) is 30.3 Å². The fraction of sp³-hybridized carbons (Fsp3) is 0.458. The summed E-state index contributed by atoms with van der Waals surface area (Å²) in [6, 6.07) is 9.56. The van der Waals surface area contributed by atoms with E-state index in [1.54, 1.807) is 5.01 Å². The number of halogens is 3. The van der Waals surface area contributed by atoms with Gasteiger partial charge in [0.05, 0.1) is 17.7 Å². The van der Waals surface area contributed by atoms with E-state index < -0.39 is 12.7 Å². The summed E-state index contributed by atoms with van der Waals surface area (Å²) in [5.74, 6) is 0.240. The van der Waals surface area contributed by atoms with Crippen LogP contribution in [0.15, 0.2) is 34.9 Å². The van der Waals surface area contributed by atoms with E-state index in [4.69, 9.17) is 14.8 Å². The summed E-state index contributed by atoms with van der Waals surface area (Å²) in [5.41, 5.74) is 4.51. The number of rotatable bonds is 7. The van der Waals surface area contributed by atoms with Crippen molar-refractivity contribution >= 4 is 33.9 Å². The number of ether oxygens (including phenoxy) is 1. The summed E-state index contributed by atoms with van der Waals surface area (Å²) in [5, 5.41) is 10.8. The number of aromatic nitrogens is 2. The lowest BCUT2D eigenvalue weighted by Gasteiger charge is -2.31. The second-order valence-corrected chi connectivity index (χ2v) is 9.98. The molecule has 1 aromatic carbocycles. The van der Waals surface area contributed by atoms with Crippen molar-refractivity contribution in [3.63, 3.8) is 0 Å². The van der Waals surface area contributed by atoms with Gasteiger partial charge in [0.25, 0.3) is 12.3 Å². The number of carbonyl (C=O) groups excluding carboxylic acids is 2. The molecule has 1 amide bonds. The van der Waals surface area contributed by atoms with Crippen molar-refractivity contribution in [2.24, 2.45) is 5.41 Å². The number of nitrogens with zero attached hydrogens (tertiary/aromatic N) is 5. The number of benzene rings is 1. The molecule has 9 nitrogen and oxygen atoms in total. The predicted molar refractivity (Wildman–Crippen MR) is 133 cm³/mol. The Morgan fingerprint density at radius 2 is 1.92 bits per heavy atom. The number of carbonyl (C=O) groups is 2. The van der Waals surface area contributed by atoms with Crippen molar-refractivity contribution in [3.8, 4) is 6.07 Å². The predicted octanol–water partition coefficient (Wildman–Crippen LogP) is 3.59. The molecule has 1 aromatic heterocycles. The van der Waals surface area contributed by atoms with Gasteiger partial charge >= 0.3 is 0 Å². The van der Waals surface area contributed by atoms with Gasteiger partial charge < -0.3 is 4.74 Å². The highest BCUT2D eigenvalue weighted by Gasteiger charge is 2.23. The van der Waals surface area contributed by atoms with Crippen LogP contribution in [-0.2, 0) is 16.1 Å². The Balaban J connectivity index is 0.000000830. The first-order chi connectivity index (χ1) is 17.0. The zero-order valence-electron chi connectivity index (χ0n) is 20.4. The molecule has 1 saturated heterocycles. The maximum Gasteiger partial charge on any atom is 0.293 e. The minimum atomic E-state index is -2.80. The Morgan fingerprint density at radius 3 is 2.44 bits per heavy atom. The molecule has 1 aliphatic heterocycles. The van der Waals surface area contributed by atoms with Gasteiger partial charge in [-0.1, -0.05) is 32.9 Å². The van der Waals surface area contributed by atoms with E-state index in [9.17, 15) is 13.6 Å². The minimum absolute atomic E-state index is 0.0406. The van der Waals surface area contributed by atoms with Crippen molar-refractivity contribution in [2.75, 3.05) is 37.9 Å². The van der Waals surface area contributed by atoms with Crippen molar-refractivity contribution in [1.82, 2.24) is 20.3 Å². The second kappa shape index (κ2) is 13.9. The number of hydrogen-bond acceptors (Lipinski definition) is 8. The number of hydrogen-bond donors (Lipinski definition) is 1. The van der Waals surface area contributed by atoms with Crippen LogP contribution in [0.3, 0.4) is 0 Å². The second-order valence-electron chi connectivity index (χ2n) is 9.12. The number of anilines is 1. The zero-order chi connectivity index (χ0) is 26.7. The molecular formula is C24H29BrF2N6O3. The van der Waals surface area contributed by atoms with Crippen LogP contribution in [0.5, 0.6) is 0 Å². The van der Waals surface area contributed by atoms with Gasteiger partial charge in [0, 0.05) is 37.9 Å². The van der Waals surface area contributed by atoms with Gasteiger partial charge in [0.15, 0.2) is 12.1 Å². The Hall–Kier alpha value is -3.01. The van der Waals surface area contributed by atoms with Crippen LogP contribution in [0.4, 0.5) is 14.6 Å². The van der Waals surface area contributed by atoms with E-state index in [0.29, 0.717) is 22.4 Å². The van der Waals surface area contributed by atoms with Gasteiger partial charge in [-0.05, 0) is 39.0 Å². The molecule has 0 unspecified atom stereocenters. The van der Waals surface area contributed by atoms with Gasteiger partial charge in [-0.25, -0.2) is 13.8 Å². The van der Waals surface area contributed by atoms with Crippen LogP contribution >= 0.6 is 15.9 Å². The van der Waals surface area contributed by atoms with Crippen molar-refractivity contribution in [2.45, 2.75) is 33.7 Å². The van der Waals surface area contributed by atoms with Gasteiger partial charge in [0.1, 0.15) is 6.07 Å². The van der Waals surface area contributed by atoms with Gasteiger partial charge in [-0.3, -0.25) is 24.9 Å². The number of aldehydes is 1. The van der Waals surface area contributed by atoms with E-state index >= 15 is 0 Å². The molecule has 3 rings (SSSR count). The maximum absolute atomic E-state index is 13.0. The standard InChI is InChI=1S/C22H27BrN6O2.C2H2F2O/c1-22(2,3)15-29(20-18(23)13-25-19(12-24)26-20)27-21(30)17-6-4-16(5-7-17)14-28-8-10-31-11-9-28;3-2(4)1-5/h4-7,13H,8-11,14-15H2,1-3H3,(H,27,30);1-2H. The topological polar surface area (TPSA) is 111 Å². The number of hydrazine groups is 1. The number of amides is 1. The van der Waals surface area contributed by atoms with Crippen LogP contribution in [0.1, 0.15) is 42.5 Å². The Bertz CT molecular complexity index is 1050. The lowest BCUT2D eigenvalue weighted by atomic mass is 9.97. The highest BCUT2D eigenvalue weighted by atomic mass is 79.9. The summed E-state index contributed by atoms with van der Waals surface area (Å²) in [6.07, 6.45) is -1.70. The smallest absolute Gasteiger partial charge is 0.293 e. The summed E-state index contributed by atoms with van der Waals surface area (Å²) < 4.78 is 26.8. The molecule has 1 aliphatic rings. The van der Waals surface area contributed by atoms with E-state index in [-0.39, 0.29) is 17.1 Å². The molecule has 36 heavy (non-hydrogen) atoms. The zero-order valence-corrected chi connectivity index (χ0v) is 22.0. The first-order valence-electron chi connectivity index (χ1n) is 11.2. The average molecular weight is 567 g/mol. The quantitative estimate of drug-likeness (QED) is 0.399. The van der Waals surface area contributed by atoms with Crippen LogP contribution < -0.4 is 10.4 Å². The highest BCUT2D eigenvalue weighted by molar-refractivity contribution is 9.10. The van der Waals surface area contributed by atoms with Crippen LogP contribution in [-0.4, -0.2) is 66.3 Å². The normalized spacial score (nSPS) is 13.8. The lowest BCUT2D eigenvalue weighted by molar-refractivity contribution is -0.116. The Labute approximate surface area is 217 Å². The molecule has 12 heteroatoms. The number of nitrogens with one attached hydrogen (secondary N) is 1. The summed E-state index contributed by atoms with van der Waals surface area (Å²) in [7, 11) is 0. The molecule has 0 spiro atoms. The number of alkyl halides is 2. The highest BCUT2D eigenvalue weighted by Crippen LogP contribution is 2.25. The molecule has 0 saturated carbocycles. The van der Waals surface area contributed by atoms with Crippen LogP contribution in [0, 0.1) is 16.7 Å². The number of nitriles is 1. The third-order valence-corrected chi connectivity index (χ3v) is 5.34. The maximum atomic E-state index is 13.0. The van der Waals surface area contributed by atoms with E-state index in [2.05, 4.69) is 57.0 Å². The molecule has 0 atom stereocenters. The molecule has 0 radical (unpaired) electrons. The molecule has 194 valence electrons. The summed E-state index contributed by atoms with van der Waals surface area (Å²) in [4.78, 5) is 32.3. The largest absolute Gasteiger partial charge is 0.379 e. The number of morpholine rings is 1. The first kappa shape index (κ1) is 29.2. The SMILES string of the molecule is CC(C)(C)CN(NC(=O)c1ccc(CN2CCOCC2)cc1)c1nc(C#N)ncc1Br.O=CC(F)F. The van der Waals surface area contributed by atoms with Crippen LogP contribution in [0.2, 0.25) is 0 Å². The first-order valence-corrected chi connectivity index (χ1v) is 12.0. The Kier molecular flexibility index (Phi) is 11.3. The van der Waals surface area contributed by atoms with Crippen molar-refractivity contribution in [3.05, 3.63) is 51.9 Å². The fourth-order valence-electron chi connectivity index (χ4n) is 3.21.